The molecule has 180 valence electrons. The van der Waals surface area contributed by atoms with Crippen molar-refractivity contribution in [2.45, 2.75) is 4.90 Å². The third-order valence-corrected chi connectivity index (χ3v) is 7.27. The van der Waals surface area contributed by atoms with Gasteiger partial charge in [0.25, 0.3) is 5.91 Å². The van der Waals surface area contributed by atoms with Crippen molar-refractivity contribution in [1.82, 2.24) is 4.31 Å². The SMILES string of the molecule is COc1cccc(NC(=O)C(C#N)=Cc2ccc(-c3ccc(S(=O)(=O)N4CCOCC4)cc3)o2)c1. The molecule has 0 unspecified atom stereocenters. The fourth-order valence-corrected chi connectivity index (χ4v) is 4.91. The van der Waals surface area contributed by atoms with E-state index in [2.05, 4.69) is 5.32 Å². The Morgan fingerprint density at radius 3 is 2.54 bits per heavy atom. The van der Waals surface area contributed by atoms with Gasteiger partial charge in [0.1, 0.15) is 28.9 Å². The van der Waals surface area contributed by atoms with Gasteiger partial charge < -0.3 is 19.2 Å². The van der Waals surface area contributed by atoms with Gasteiger partial charge in [-0.15, -0.1) is 0 Å². The average molecular weight is 494 g/mol. The molecule has 1 amide bonds. The molecule has 1 N–H and O–H groups in total. The molecule has 10 heteroatoms. The van der Waals surface area contributed by atoms with Gasteiger partial charge in [-0.25, -0.2) is 8.42 Å². The van der Waals surface area contributed by atoms with Gasteiger partial charge in [-0.2, -0.15) is 9.57 Å². The smallest absolute Gasteiger partial charge is 0.266 e. The fraction of sp³-hybridized carbons (Fsp3) is 0.200. The first-order valence-corrected chi connectivity index (χ1v) is 12.2. The summed E-state index contributed by atoms with van der Waals surface area (Å²) in [6.07, 6.45) is 1.34. The molecule has 0 bridgehead atoms. The lowest BCUT2D eigenvalue weighted by Crippen LogP contribution is -2.40. The topological polar surface area (TPSA) is 122 Å². The Bertz CT molecular complexity index is 1380. The number of morpholine rings is 1. The van der Waals surface area contributed by atoms with Gasteiger partial charge in [0.05, 0.1) is 25.2 Å². The van der Waals surface area contributed by atoms with Gasteiger partial charge in [0.2, 0.25) is 10.0 Å². The van der Waals surface area contributed by atoms with Crippen LogP contribution in [0, 0.1) is 11.3 Å². The molecular weight excluding hydrogens is 470 g/mol. The van der Waals surface area contributed by atoms with Crippen molar-refractivity contribution in [3.8, 4) is 23.1 Å². The standard InChI is InChI=1S/C25H23N3O6S/c1-32-21-4-2-3-20(16-21)27-25(29)19(17-26)15-22-7-10-24(34-22)18-5-8-23(9-6-18)35(30,31)28-11-13-33-14-12-28/h2-10,15-16H,11-14H2,1H3,(H,27,29). The van der Waals surface area contributed by atoms with Crippen molar-refractivity contribution in [3.63, 3.8) is 0 Å². The molecule has 1 aromatic heterocycles. The lowest BCUT2D eigenvalue weighted by atomic mass is 10.2. The van der Waals surface area contributed by atoms with E-state index in [0.29, 0.717) is 54.8 Å². The Labute approximate surface area is 203 Å². The maximum Gasteiger partial charge on any atom is 0.266 e. The molecule has 0 atom stereocenters. The van der Waals surface area contributed by atoms with Crippen LogP contribution in [-0.4, -0.2) is 52.0 Å². The number of carbonyl (C=O) groups is 1. The van der Waals surface area contributed by atoms with E-state index < -0.39 is 15.9 Å². The first-order valence-electron chi connectivity index (χ1n) is 10.8. The molecule has 35 heavy (non-hydrogen) atoms. The summed E-state index contributed by atoms with van der Waals surface area (Å²) >= 11 is 0. The second kappa shape index (κ2) is 10.6. The van der Waals surface area contributed by atoms with E-state index >= 15 is 0 Å². The number of anilines is 1. The number of benzene rings is 2. The van der Waals surface area contributed by atoms with Gasteiger partial charge in [0, 0.05) is 36.5 Å². The second-order valence-corrected chi connectivity index (χ2v) is 9.54. The Morgan fingerprint density at radius 1 is 1.11 bits per heavy atom. The number of nitrogens with one attached hydrogen (secondary N) is 1. The molecule has 0 saturated carbocycles. The maximum absolute atomic E-state index is 12.8. The van der Waals surface area contributed by atoms with Crippen LogP contribution in [0.2, 0.25) is 0 Å². The van der Waals surface area contributed by atoms with Gasteiger partial charge >= 0.3 is 0 Å². The van der Waals surface area contributed by atoms with Gasteiger partial charge in [-0.1, -0.05) is 6.07 Å². The van der Waals surface area contributed by atoms with Gasteiger partial charge in [-0.05, 0) is 48.5 Å². The van der Waals surface area contributed by atoms with E-state index in [4.69, 9.17) is 13.9 Å². The molecule has 0 radical (unpaired) electrons. The Morgan fingerprint density at radius 2 is 1.86 bits per heavy atom. The molecule has 2 heterocycles. The van der Waals surface area contributed by atoms with Crippen molar-refractivity contribution in [3.05, 3.63) is 72.0 Å². The van der Waals surface area contributed by atoms with Crippen LogP contribution in [0.25, 0.3) is 17.4 Å². The van der Waals surface area contributed by atoms with Crippen molar-refractivity contribution < 1.29 is 27.1 Å². The number of methoxy groups -OCH3 is 1. The first-order chi connectivity index (χ1) is 16.9. The van der Waals surface area contributed by atoms with E-state index in [-0.39, 0.29) is 10.5 Å². The normalized spacial score (nSPS) is 14.8. The minimum atomic E-state index is -3.59. The zero-order valence-electron chi connectivity index (χ0n) is 18.9. The molecule has 0 aliphatic carbocycles. The Balaban J connectivity index is 1.48. The monoisotopic (exact) mass is 493 g/mol. The molecule has 2 aromatic carbocycles. The van der Waals surface area contributed by atoms with Gasteiger partial charge in [-0.3, -0.25) is 4.79 Å². The summed E-state index contributed by atoms with van der Waals surface area (Å²) in [6, 6.07) is 18.3. The average Bonchev–Trinajstić information content (AvgIpc) is 3.36. The van der Waals surface area contributed by atoms with E-state index in [0.717, 1.165) is 0 Å². The lowest BCUT2D eigenvalue weighted by Gasteiger charge is -2.26. The quantitative estimate of drug-likeness (QED) is 0.395. The van der Waals surface area contributed by atoms with Crippen LogP contribution in [-0.2, 0) is 19.6 Å². The zero-order chi connectivity index (χ0) is 24.8. The predicted molar refractivity (Wildman–Crippen MR) is 129 cm³/mol. The molecular formula is C25H23N3O6S. The maximum atomic E-state index is 12.8. The lowest BCUT2D eigenvalue weighted by molar-refractivity contribution is -0.112. The number of rotatable bonds is 7. The first kappa shape index (κ1) is 24.2. The number of sulfonamides is 1. The number of hydrogen-bond acceptors (Lipinski definition) is 7. The summed E-state index contributed by atoms with van der Waals surface area (Å²) in [4.78, 5) is 12.7. The number of amides is 1. The van der Waals surface area contributed by atoms with Crippen LogP contribution in [0.1, 0.15) is 5.76 Å². The highest BCUT2D eigenvalue weighted by atomic mass is 32.2. The van der Waals surface area contributed by atoms with Crippen molar-refractivity contribution in [2.24, 2.45) is 0 Å². The molecule has 4 rings (SSSR count). The number of furan rings is 1. The molecule has 3 aromatic rings. The molecule has 9 nitrogen and oxygen atoms in total. The number of nitrogens with zero attached hydrogens (tertiary/aromatic N) is 2. The Hall–Kier alpha value is -3.91. The molecule has 0 spiro atoms. The minimum absolute atomic E-state index is 0.138. The summed E-state index contributed by atoms with van der Waals surface area (Å²) in [6.45, 7) is 1.40. The Kier molecular flexibility index (Phi) is 7.31. The third-order valence-electron chi connectivity index (χ3n) is 5.35. The van der Waals surface area contributed by atoms with Crippen LogP contribution in [0.3, 0.4) is 0 Å². The van der Waals surface area contributed by atoms with Crippen LogP contribution in [0.15, 0.2) is 75.5 Å². The number of nitriles is 1. The zero-order valence-corrected chi connectivity index (χ0v) is 19.7. The summed E-state index contributed by atoms with van der Waals surface area (Å²) < 4.78 is 43.1. The third kappa shape index (κ3) is 5.60. The van der Waals surface area contributed by atoms with Crippen LogP contribution in [0.5, 0.6) is 5.75 Å². The van der Waals surface area contributed by atoms with E-state index in [1.165, 1.54) is 29.6 Å². The van der Waals surface area contributed by atoms with E-state index in [1.807, 2.05) is 6.07 Å². The van der Waals surface area contributed by atoms with Crippen molar-refractivity contribution in [1.29, 1.82) is 5.26 Å². The fourth-order valence-electron chi connectivity index (χ4n) is 3.50. The molecule has 1 aliphatic heterocycles. The highest BCUT2D eigenvalue weighted by molar-refractivity contribution is 7.89. The number of hydrogen-bond donors (Lipinski definition) is 1. The predicted octanol–water partition coefficient (Wildman–Crippen LogP) is 3.52. The van der Waals surface area contributed by atoms with Crippen LogP contribution >= 0.6 is 0 Å². The minimum Gasteiger partial charge on any atom is -0.497 e. The molecule has 1 fully saturated rings. The summed E-state index contributed by atoms with van der Waals surface area (Å²) in [7, 11) is -2.07. The van der Waals surface area contributed by atoms with Crippen molar-refractivity contribution >= 4 is 27.7 Å². The largest absolute Gasteiger partial charge is 0.497 e. The van der Waals surface area contributed by atoms with E-state index in [1.54, 1.807) is 48.5 Å². The number of ether oxygens (including phenoxy) is 2. The van der Waals surface area contributed by atoms with Gasteiger partial charge in [0.15, 0.2) is 0 Å². The number of carbonyl (C=O) groups excluding carboxylic acids is 1. The van der Waals surface area contributed by atoms with Crippen molar-refractivity contribution in [2.75, 3.05) is 38.7 Å². The molecule has 1 aliphatic rings. The summed E-state index contributed by atoms with van der Waals surface area (Å²) in [5.74, 6) is 0.764. The summed E-state index contributed by atoms with van der Waals surface area (Å²) in [5, 5.41) is 12.1. The van der Waals surface area contributed by atoms with Crippen LogP contribution < -0.4 is 10.1 Å². The molecule has 1 saturated heterocycles. The van der Waals surface area contributed by atoms with E-state index in [9.17, 15) is 18.5 Å². The summed E-state index contributed by atoms with van der Waals surface area (Å²) in [5.41, 5.74) is 1.01. The highest BCUT2D eigenvalue weighted by Gasteiger charge is 2.26. The van der Waals surface area contributed by atoms with Crippen LogP contribution in [0.4, 0.5) is 5.69 Å². The highest BCUT2D eigenvalue weighted by Crippen LogP contribution is 2.26. The second-order valence-electron chi connectivity index (χ2n) is 7.60.